The molecule has 0 saturated carbocycles. The molecule has 0 aliphatic heterocycles. The Balaban J connectivity index is 0. The van der Waals surface area contributed by atoms with Crippen LogP contribution in [0.15, 0.2) is 24.3 Å². The largest absolute Gasteiger partial charge is 0.478 e. The Morgan fingerprint density at radius 2 is 1.23 bits per heavy atom. The van der Waals surface area contributed by atoms with Crippen LogP contribution in [0.4, 0.5) is 0 Å². The molecule has 0 aromatic carbocycles. The van der Waals surface area contributed by atoms with Crippen molar-refractivity contribution in [2.45, 2.75) is 84.0 Å². The minimum Gasteiger partial charge on any atom is -0.478 e. The van der Waals surface area contributed by atoms with Crippen molar-refractivity contribution in [2.75, 3.05) is 0 Å². The molecule has 0 amide bonds. The molecule has 0 bridgehead atoms. The molecular formula is C18H34O4. The molecule has 4 heteroatoms. The smallest absolute Gasteiger partial charge is 0.328 e. The number of carboxylic acid groups (broad SMARTS) is 1. The van der Waals surface area contributed by atoms with Crippen molar-refractivity contribution in [3.63, 3.8) is 0 Å². The number of carboxylic acids is 1. The van der Waals surface area contributed by atoms with E-state index in [4.69, 9.17) is 15.6 Å². The third kappa shape index (κ3) is 23.9. The number of hydrogen-bond donors (Lipinski definition) is 3. The summed E-state index contributed by atoms with van der Waals surface area (Å²) in [6.45, 7) is 2.26. The zero-order chi connectivity index (χ0) is 16.9. The molecule has 0 atom stereocenters. The normalized spacial score (nSPS) is 10.9. The summed E-state index contributed by atoms with van der Waals surface area (Å²) in [5.41, 5.74) is 0. The van der Waals surface area contributed by atoms with Crippen molar-refractivity contribution in [3.8, 4) is 0 Å². The molecule has 3 N–H and O–H groups in total. The Bertz CT molecular complexity index is 272. The van der Waals surface area contributed by atoms with Crippen LogP contribution in [0, 0.1) is 0 Å². The molecule has 0 spiro atoms. The molecular weight excluding hydrogens is 280 g/mol. The summed E-state index contributed by atoms with van der Waals surface area (Å²) in [5, 5.41) is 20.4. The number of rotatable bonds is 14. The van der Waals surface area contributed by atoms with Crippen LogP contribution in [0.3, 0.4) is 0 Å². The van der Waals surface area contributed by atoms with Gasteiger partial charge in [-0.15, -0.1) is 0 Å². The predicted molar refractivity (Wildman–Crippen MR) is 92.3 cm³/mol. The van der Waals surface area contributed by atoms with Gasteiger partial charge in [0.1, 0.15) is 0 Å². The molecule has 0 aromatic heterocycles. The Hall–Kier alpha value is -1.13. The summed E-state index contributed by atoms with van der Waals surface area (Å²) < 4.78 is 0. The van der Waals surface area contributed by atoms with Crippen LogP contribution in [0.1, 0.15) is 84.0 Å². The van der Waals surface area contributed by atoms with Crippen LogP contribution < -0.4 is 0 Å². The van der Waals surface area contributed by atoms with Gasteiger partial charge in [-0.3, -0.25) is 10.5 Å². The first-order valence-corrected chi connectivity index (χ1v) is 8.53. The Morgan fingerprint density at radius 1 is 0.773 bits per heavy atom. The zero-order valence-corrected chi connectivity index (χ0v) is 14.0. The number of allylic oxidation sites excluding steroid dienone is 3. The van der Waals surface area contributed by atoms with Gasteiger partial charge in [-0.2, -0.15) is 0 Å². The highest BCUT2D eigenvalue weighted by Gasteiger charge is 1.92. The fraction of sp³-hybridized carbons (Fsp3) is 0.722. The summed E-state index contributed by atoms with van der Waals surface area (Å²) in [4.78, 5) is 10.2. The summed E-state index contributed by atoms with van der Waals surface area (Å²) in [6, 6.07) is 0. The van der Waals surface area contributed by atoms with E-state index in [0.717, 1.165) is 12.5 Å². The summed E-state index contributed by atoms with van der Waals surface area (Å²) in [6.07, 6.45) is 22.7. The lowest BCUT2D eigenvalue weighted by atomic mass is 10.1. The molecule has 0 rings (SSSR count). The third-order valence-corrected chi connectivity index (χ3v) is 3.46. The summed E-state index contributed by atoms with van der Waals surface area (Å²) in [7, 11) is 0. The topological polar surface area (TPSA) is 77.8 Å². The van der Waals surface area contributed by atoms with Crippen molar-refractivity contribution < 1.29 is 20.4 Å². The van der Waals surface area contributed by atoms with Crippen LogP contribution in [0.5, 0.6) is 0 Å². The minimum atomic E-state index is -0.885. The van der Waals surface area contributed by atoms with Crippen LogP contribution in [-0.4, -0.2) is 21.6 Å². The van der Waals surface area contributed by atoms with Crippen LogP contribution in [0.25, 0.3) is 0 Å². The number of aliphatic carboxylic acids is 1. The maximum Gasteiger partial charge on any atom is 0.328 e. The Morgan fingerprint density at radius 3 is 1.68 bits per heavy atom. The van der Waals surface area contributed by atoms with Crippen LogP contribution in [0.2, 0.25) is 0 Å². The van der Waals surface area contributed by atoms with Gasteiger partial charge in [0.2, 0.25) is 0 Å². The highest BCUT2D eigenvalue weighted by molar-refractivity contribution is 5.80. The van der Waals surface area contributed by atoms with Gasteiger partial charge in [0, 0.05) is 6.08 Å². The van der Waals surface area contributed by atoms with E-state index in [9.17, 15) is 4.79 Å². The van der Waals surface area contributed by atoms with E-state index in [0.29, 0.717) is 0 Å². The van der Waals surface area contributed by atoms with Gasteiger partial charge in [0.05, 0.1) is 0 Å². The fourth-order valence-electron chi connectivity index (χ4n) is 2.24. The summed E-state index contributed by atoms with van der Waals surface area (Å²) >= 11 is 0. The van der Waals surface area contributed by atoms with Gasteiger partial charge in [-0.25, -0.2) is 4.79 Å². The number of unbranched alkanes of at least 4 members (excludes halogenated alkanes) is 11. The maximum absolute atomic E-state index is 10.2. The molecule has 0 unspecified atom stereocenters. The van der Waals surface area contributed by atoms with E-state index in [-0.39, 0.29) is 0 Å². The van der Waals surface area contributed by atoms with E-state index < -0.39 is 5.97 Å². The Labute approximate surface area is 135 Å². The van der Waals surface area contributed by atoms with E-state index in [1.165, 1.54) is 70.6 Å². The predicted octanol–water partition coefficient (Wildman–Crippen LogP) is 5.90. The van der Waals surface area contributed by atoms with Gasteiger partial charge >= 0.3 is 5.97 Å². The molecule has 0 saturated heterocycles. The highest BCUT2D eigenvalue weighted by Crippen LogP contribution is 2.11. The van der Waals surface area contributed by atoms with Crippen molar-refractivity contribution in [1.29, 1.82) is 0 Å². The van der Waals surface area contributed by atoms with Gasteiger partial charge in [-0.05, 0) is 12.8 Å². The summed E-state index contributed by atoms with van der Waals surface area (Å²) in [5.74, 6) is -0.885. The molecule has 0 aliphatic rings. The third-order valence-electron chi connectivity index (χ3n) is 3.46. The molecule has 130 valence electrons. The minimum absolute atomic E-state index is 0.885. The molecule has 22 heavy (non-hydrogen) atoms. The first-order chi connectivity index (χ1) is 10.8. The van der Waals surface area contributed by atoms with Gasteiger partial charge in [0.25, 0.3) is 0 Å². The van der Waals surface area contributed by atoms with Crippen LogP contribution >= 0.6 is 0 Å². The lowest BCUT2D eigenvalue weighted by molar-refractivity contribution is -0.176. The fourth-order valence-corrected chi connectivity index (χ4v) is 2.24. The lowest BCUT2D eigenvalue weighted by Crippen LogP contribution is -1.84. The molecule has 4 nitrogen and oxygen atoms in total. The first-order valence-electron chi connectivity index (χ1n) is 8.53. The quantitative estimate of drug-likeness (QED) is 0.123. The SMILES string of the molecule is CCCCCCCCCCCCCC=CC=CC(=O)O.OO. The zero-order valence-electron chi connectivity index (χ0n) is 14.0. The maximum atomic E-state index is 10.2. The molecule has 0 fully saturated rings. The monoisotopic (exact) mass is 314 g/mol. The van der Waals surface area contributed by atoms with Crippen molar-refractivity contribution >= 4 is 5.97 Å². The number of hydrogen-bond acceptors (Lipinski definition) is 3. The van der Waals surface area contributed by atoms with Gasteiger partial charge in [0.15, 0.2) is 0 Å². The second kappa shape index (κ2) is 22.2. The second-order valence-electron chi connectivity index (χ2n) is 5.45. The van der Waals surface area contributed by atoms with Gasteiger partial charge in [-0.1, -0.05) is 89.4 Å². The average Bonchev–Trinajstić information content (AvgIpc) is 2.53. The van der Waals surface area contributed by atoms with E-state index in [1.807, 2.05) is 12.2 Å². The lowest BCUT2D eigenvalue weighted by Gasteiger charge is -2.01. The first kappa shape index (κ1) is 23.1. The van der Waals surface area contributed by atoms with Gasteiger partial charge < -0.3 is 5.11 Å². The molecule has 0 aromatic rings. The molecule has 0 aliphatic carbocycles. The highest BCUT2D eigenvalue weighted by atomic mass is 17.0. The Kier molecular flexibility index (Phi) is 23.3. The van der Waals surface area contributed by atoms with Crippen molar-refractivity contribution in [2.24, 2.45) is 0 Å². The van der Waals surface area contributed by atoms with E-state index in [1.54, 1.807) is 6.08 Å². The molecule has 0 heterocycles. The van der Waals surface area contributed by atoms with Crippen molar-refractivity contribution in [3.05, 3.63) is 24.3 Å². The van der Waals surface area contributed by atoms with E-state index in [2.05, 4.69) is 6.92 Å². The molecule has 0 radical (unpaired) electrons. The standard InChI is InChI=1S/C18H32O2.H2O2/c1-2-3-4-5-6-7-8-9-10-11-12-13-14-15-16-17-18(19)20;1-2/h14-17H,2-13H2,1H3,(H,19,20);1-2H. The number of carbonyl (C=O) groups is 1. The average molecular weight is 314 g/mol. The van der Waals surface area contributed by atoms with E-state index >= 15 is 0 Å². The van der Waals surface area contributed by atoms with Crippen molar-refractivity contribution in [1.82, 2.24) is 0 Å². The second-order valence-corrected chi connectivity index (χ2v) is 5.45. The van der Waals surface area contributed by atoms with Crippen LogP contribution in [-0.2, 0) is 4.79 Å².